The largest absolute Gasteiger partial charge is 0.510 e. The maximum Gasteiger partial charge on any atom is 0.510 e. The van der Waals surface area contributed by atoms with Crippen molar-refractivity contribution in [1.29, 1.82) is 0 Å². The monoisotopic (exact) mass is 678 g/mol. The fourth-order valence-corrected chi connectivity index (χ4v) is 5.23. The van der Waals surface area contributed by atoms with Crippen molar-refractivity contribution in [3.63, 3.8) is 0 Å². The molecule has 0 aliphatic carbocycles. The number of rotatable bonds is 24. The van der Waals surface area contributed by atoms with Crippen LogP contribution in [0.4, 0.5) is 4.79 Å². The van der Waals surface area contributed by atoms with E-state index in [1.54, 1.807) is 0 Å². The van der Waals surface area contributed by atoms with Crippen LogP contribution in [0.5, 0.6) is 0 Å². The average Bonchev–Trinajstić information content (AvgIpc) is 2.76. The van der Waals surface area contributed by atoms with Crippen molar-refractivity contribution in [3.8, 4) is 0 Å². The van der Waals surface area contributed by atoms with Crippen molar-refractivity contribution in [1.82, 2.24) is 0 Å². The number of halogens is 2. The summed E-state index contributed by atoms with van der Waals surface area (Å²) in [5, 5.41) is 0. The number of unbranched alkanes of at least 4 members (excludes halogenated alkanes) is 18. The van der Waals surface area contributed by atoms with E-state index in [2.05, 4.69) is 59.0 Å². The minimum atomic E-state index is -0.497. The highest BCUT2D eigenvalue weighted by atomic mass is 127. The lowest BCUT2D eigenvalue weighted by Gasteiger charge is -2.15. The Hall–Kier alpha value is 0.730. The van der Waals surface area contributed by atoms with Crippen molar-refractivity contribution < 1.29 is 14.3 Å². The molecule has 0 aromatic carbocycles. The van der Waals surface area contributed by atoms with Gasteiger partial charge in [-0.1, -0.05) is 129 Å². The van der Waals surface area contributed by atoms with E-state index in [1.807, 2.05) is 0 Å². The Labute approximate surface area is 227 Å². The molecular formula is C27H52I2O3. The van der Waals surface area contributed by atoms with Crippen LogP contribution in [-0.2, 0) is 9.47 Å². The molecule has 0 aliphatic rings. The first-order valence-electron chi connectivity index (χ1n) is 13.8. The molecule has 192 valence electrons. The highest BCUT2D eigenvalue weighted by molar-refractivity contribution is 14.1. The first-order valence-corrected chi connectivity index (χ1v) is 16.2. The number of carbonyl (C=O) groups excluding carboxylic acids is 1. The van der Waals surface area contributed by atoms with Crippen LogP contribution in [0.3, 0.4) is 0 Å². The second-order valence-electron chi connectivity index (χ2n) is 9.25. The molecule has 0 bridgehead atoms. The number of hydrogen-bond donors (Lipinski definition) is 0. The van der Waals surface area contributed by atoms with Gasteiger partial charge in [0.05, 0.1) is 0 Å². The number of carbonyl (C=O) groups is 1. The summed E-state index contributed by atoms with van der Waals surface area (Å²) in [5.74, 6) is 0. The second kappa shape index (κ2) is 26.3. The first-order chi connectivity index (χ1) is 15.6. The molecule has 0 radical (unpaired) electrons. The molecule has 5 heteroatoms. The quantitative estimate of drug-likeness (QED) is 0.0441. The van der Waals surface area contributed by atoms with Gasteiger partial charge in [-0.25, -0.2) is 4.79 Å². The zero-order valence-electron chi connectivity index (χ0n) is 21.2. The van der Waals surface area contributed by atoms with Crippen LogP contribution in [0.15, 0.2) is 0 Å². The summed E-state index contributed by atoms with van der Waals surface area (Å²) in [6, 6.07) is 0. The van der Waals surface area contributed by atoms with E-state index >= 15 is 0 Å². The Morgan fingerprint density at radius 1 is 0.500 bits per heavy atom. The predicted octanol–water partition coefficient (Wildman–Crippen LogP) is 11.3. The lowest BCUT2D eigenvalue weighted by molar-refractivity contribution is 0.0435. The molecule has 0 aromatic rings. The van der Waals surface area contributed by atoms with E-state index in [0.717, 1.165) is 25.7 Å². The summed E-state index contributed by atoms with van der Waals surface area (Å²) in [4.78, 5) is 12.0. The third kappa shape index (κ3) is 25.4. The van der Waals surface area contributed by atoms with Crippen LogP contribution in [0.2, 0.25) is 0 Å². The van der Waals surface area contributed by atoms with Gasteiger partial charge in [0.1, 0.15) is 0 Å². The van der Waals surface area contributed by atoms with Crippen molar-refractivity contribution in [2.45, 2.75) is 163 Å². The SMILES string of the molecule is CCCCCCCCCCCCC(I)OC(=O)OC(I)CCCCCCCCCCCC. The summed E-state index contributed by atoms with van der Waals surface area (Å²) >= 11 is 4.45. The van der Waals surface area contributed by atoms with E-state index in [1.165, 1.54) is 116 Å². The highest BCUT2D eigenvalue weighted by Gasteiger charge is 2.16. The Morgan fingerprint density at radius 3 is 1.03 bits per heavy atom. The molecule has 0 fully saturated rings. The van der Waals surface area contributed by atoms with Gasteiger partial charge >= 0.3 is 6.16 Å². The van der Waals surface area contributed by atoms with E-state index in [4.69, 9.17) is 9.47 Å². The fraction of sp³-hybridized carbons (Fsp3) is 0.963. The van der Waals surface area contributed by atoms with Gasteiger partial charge in [0.15, 0.2) is 8.22 Å². The summed E-state index contributed by atoms with van der Waals surface area (Å²) in [7, 11) is 0. The van der Waals surface area contributed by atoms with E-state index in [0.29, 0.717) is 0 Å². The zero-order valence-corrected chi connectivity index (χ0v) is 25.5. The molecule has 0 aliphatic heterocycles. The second-order valence-corrected chi connectivity index (χ2v) is 12.0. The normalized spacial score (nSPS) is 13.1. The zero-order chi connectivity index (χ0) is 23.7. The van der Waals surface area contributed by atoms with Crippen LogP contribution in [-0.4, -0.2) is 14.4 Å². The van der Waals surface area contributed by atoms with E-state index in [-0.39, 0.29) is 8.22 Å². The Bertz CT molecular complexity index is 359. The predicted molar refractivity (Wildman–Crippen MR) is 156 cm³/mol. The maximum absolute atomic E-state index is 12.0. The summed E-state index contributed by atoms with van der Waals surface area (Å²) in [6.07, 6.45) is 27.9. The average molecular weight is 679 g/mol. The van der Waals surface area contributed by atoms with E-state index < -0.39 is 6.16 Å². The van der Waals surface area contributed by atoms with Crippen molar-refractivity contribution in [3.05, 3.63) is 0 Å². The Kier molecular flexibility index (Phi) is 26.9. The molecule has 0 aromatic heterocycles. The number of hydrogen-bond acceptors (Lipinski definition) is 3. The van der Waals surface area contributed by atoms with Crippen LogP contribution in [0.1, 0.15) is 155 Å². The van der Waals surface area contributed by atoms with Gasteiger partial charge in [0, 0.05) is 0 Å². The molecule has 2 atom stereocenters. The molecule has 0 saturated carbocycles. The van der Waals surface area contributed by atoms with Gasteiger partial charge in [-0.2, -0.15) is 0 Å². The third-order valence-electron chi connectivity index (χ3n) is 6.02. The molecule has 0 rings (SSSR count). The molecule has 3 nitrogen and oxygen atoms in total. The highest BCUT2D eigenvalue weighted by Crippen LogP contribution is 2.19. The third-order valence-corrected chi connectivity index (χ3v) is 7.77. The molecule has 0 heterocycles. The van der Waals surface area contributed by atoms with Crippen LogP contribution in [0, 0.1) is 0 Å². The molecule has 2 unspecified atom stereocenters. The molecule has 0 N–H and O–H groups in total. The summed E-state index contributed by atoms with van der Waals surface area (Å²) < 4.78 is 10.7. The smallest absolute Gasteiger partial charge is 0.420 e. The van der Waals surface area contributed by atoms with Crippen LogP contribution >= 0.6 is 45.2 Å². The topological polar surface area (TPSA) is 35.5 Å². The minimum Gasteiger partial charge on any atom is -0.420 e. The van der Waals surface area contributed by atoms with Gasteiger partial charge < -0.3 is 9.47 Å². The molecule has 0 saturated heterocycles. The van der Waals surface area contributed by atoms with E-state index in [9.17, 15) is 4.79 Å². The van der Waals surface area contributed by atoms with Crippen LogP contribution < -0.4 is 0 Å². The van der Waals surface area contributed by atoms with Crippen molar-refractivity contribution >= 4 is 51.3 Å². The standard InChI is InChI=1S/C27H52I2O3/c1-3-5-7-9-11-13-15-17-19-21-23-25(28)31-27(30)32-26(29)24-22-20-18-16-14-12-10-8-6-4-2/h25-26H,3-24H2,1-2H3. The minimum absolute atomic E-state index is 0.0740. The number of ether oxygens (including phenoxy) is 2. The molecule has 0 amide bonds. The summed E-state index contributed by atoms with van der Waals surface area (Å²) in [5.41, 5.74) is 0. The number of alkyl halides is 2. The van der Waals surface area contributed by atoms with Gasteiger partial charge in [-0.15, -0.1) is 0 Å². The van der Waals surface area contributed by atoms with Crippen molar-refractivity contribution in [2.24, 2.45) is 0 Å². The molecular weight excluding hydrogens is 626 g/mol. The fourth-order valence-electron chi connectivity index (χ4n) is 3.94. The van der Waals surface area contributed by atoms with Gasteiger partial charge in [-0.05, 0) is 70.9 Å². The molecule has 0 spiro atoms. The summed E-state index contributed by atoms with van der Waals surface area (Å²) in [6.45, 7) is 4.53. The van der Waals surface area contributed by atoms with Crippen LogP contribution in [0.25, 0.3) is 0 Å². The van der Waals surface area contributed by atoms with Gasteiger partial charge in [-0.3, -0.25) is 0 Å². The van der Waals surface area contributed by atoms with Crippen molar-refractivity contribution in [2.75, 3.05) is 0 Å². The Balaban J connectivity index is 3.45. The first kappa shape index (κ1) is 32.7. The molecule has 32 heavy (non-hydrogen) atoms. The lowest BCUT2D eigenvalue weighted by atomic mass is 10.1. The van der Waals surface area contributed by atoms with Gasteiger partial charge in [0.2, 0.25) is 0 Å². The maximum atomic E-state index is 12.0. The van der Waals surface area contributed by atoms with Gasteiger partial charge in [0.25, 0.3) is 0 Å². The Morgan fingerprint density at radius 2 is 0.750 bits per heavy atom. The lowest BCUT2D eigenvalue weighted by Crippen LogP contribution is -2.17.